The molecule has 0 aliphatic heterocycles. The Morgan fingerprint density at radius 2 is 0.188 bits per heavy atom. The van der Waals surface area contributed by atoms with Gasteiger partial charge in [-0.3, -0.25) is 0 Å². The summed E-state index contributed by atoms with van der Waals surface area (Å²) in [5, 5.41) is 0. The Labute approximate surface area is 175 Å². The van der Waals surface area contributed by atoms with E-state index in [-0.39, 0.29) is 177 Å². The Hall–Kier alpha value is 3.29. The molecule has 16 heteroatoms. The van der Waals surface area contributed by atoms with Gasteiger partial charge in [0.2, 0.25) is 0 Å². The monoisotopic (exact) mass is 914 g/mol. The van der Waals surface area contributed by atoms with Gasteiger partial charge in [-0.1, -0.05) is 0 Å². The molecule has 0 heterocycles. The third kappa shape index (κ3) is 423. The molecular weight excluding hydrogens is 909 g/mol. The van der Waals surface area contributed by atoms with Crippen LogP contribution in [0.4, 0.5) is 0 Å². The van der Waals surface area contributed by atoms with Crippen LogP contribution in [0.3, 0.4) is 0 Å². The molecule has 0 rings (SSSR count). The molecule has 0 saturated heterocycles. The first-order valence-electron chi connectivity index (χ1n) is 0. The van der Waals surface area contributed by atoms with E-state index >= 15 is 0 Å². The van der Waals surface area contributed by atoms with Crippen molar-refractivity contribution in [3.63, 3.8) is 0 Å². The van der Waals surface area contributed by atoms with Crippen LogP contribution in [0.5, 0.6) is 0 Å². The zero-order chi connectivity index (χ0) is 0. The Balaban J connectivity index is 0. The van der Waals surface area contributed by atoms with Crippen LogP contribution in [0.1, 0.15) is 0 Å². The Kier molecular flexibility index (Phi) is 18800. The van der Waals surface area contributed by atoms with E-state index < -0.39 is 0 Å². The average molecular weight is 909 g/mol. The first kappa shape index (κ1) is 595. The van der Waals surface area contributed by atoms with Crippen LogP contribution >= 0.6 is 0 Å². The van der Waals surface area contributed by atoms with Crippen molar-refractivity contribution in [2.45, 2.75) is 0 Å². The molecule has 80 valence electrons. The average Bonchev–Trinajstić information content (AvgIpc) is 0. The Bertz CT molecular complexity index is 21.3. The van der Waals surface area contributed by atoms with E-state index in [1.165, 1.54) is 0 Å². The molecule has 0 amide bonds. The molecule has 0 radical (unpaired) electrons. The minimum absolute atomic E-state index is 0. The summed E-state index contributed by atoms with van der Waals surface area (Å²) in [6, 6.07) is 0. The van der Waals surface area contributed by atoms with E-state index in [1.807, 2.05) is 0 Å². The minimum Gasteiger partial charge on any atom is -3.00 e. The second-order valence-electron chi connectivity index (χ2n) is 0. The fourth-order valence-corrected chi connectivity index (χ4v) is 0. The first-order valence-corrected chi connectivity index (χ1v) is 0. The molecule has 0 fully saturated rings. The minimum atomic E-state index is 0. The van der Waals surface area contributed by atoms with Crippen molar-refractivity contribution in [2.75, 3.05) is 0 Å². The van der Waals surface area contributed by atoms with Crippen molar-refractivity contribution in [1.82, 2.24) is 0 Å². The van der Waals surface area contributed by atoms with Gasteiger partial charge in [0.1, 0.15) is 0 Å². The van der Waals surface area contributed by atoms with Crippen LogP contribution in [0.2, 0.25) is 0 Å². The van der Waals surface area contributed by atoms with Crippen molar-refractivity contribution in [3.8, 4) is 0 Å². The summed E-state index contributed by atoms with van der Waals surface area (Å²) in [5.41, 5.74) is 0. The van der Waals surface area contributed by atoms with Crippen LogP contribution in [-0.2, 0) is 63.2 Å². The maximum Gasteiger partial charge on any atom is 6.00 e. The van der Waals surface area contributed by atoms with E-state index in [0.29, 0.717) is 0 Å². The summed E-state index contributed by atoms with van der Waals surface area (Å²) >= 11 is 0. The fourth-order valence-electron chi connectivity index (χ4n) is 0. The maximum absolute atomic E-state index is 0. The predicted molar refractivity (Wildman–Crippen MR) is 50.9 cm³/mol. The van der Waals surface area contributed by atoms with Gasteiger partial charge in [0.25, 0.3) is 0 Å². The van der Waals surface area contributed by atoms with Crippen LogP contribution in [0, 0.1) is 0 Å². The Morgan fingerprint density at radius 1 is 0.188 bits per heavy atom. The second-order valence-corrected chi connectivity index (χ2v) is 0. The van der Waals surface area contributed by atoms with Gasteiger partial charge in [0, 0.05) is 0 Å². The zero-order valence-corrected chi connectivity index (χ0v) is 22.3. The van der Waals surface area contributed by atoms with E-state index in [4.69, 9.17) is 0 Å². The SMILES string of the molecule is [Ge+4].[Ge+4].[Ge+4].[N-3].[N-3].[N-3].[N-3].[N-3].[N-3].[N-3].[N-3].[N-3].[N-3].[W+6].[W+6].[W+6]. The third-order valence-corrected chi connectivity index (χ3v) is 0. The molecule has 0 aromatic rings. The smallest absolute Gasteiger partial charge is 3.00 e. The molecule has 0 saturated carbocycles. The van der Waals surface area contributed by atoms with Gasteiger partial charge in [-0.25, -0.2) is 0 Å². The van der Waals surface area contributed by atoms with Gasteiger partial charge < -0.3 is 61.5 Å². The van der Waals surface area contributed by atoms with Crippen molar-refractivity contribution < 1.29 is 63.2 Å². The zero-order valence-electron chi connectivity index (χ0n) is 7.20. The topological polar surface area (TPSA) is 305 Å². The van der Waals surface area contributed by atoms with E-state index in [0.717, 1.165) is 0 Å². The van der Waals surface area contributed by atoms with Gasteiger partial charge in [-0.15, -0.1) is 0 Å². The number of hydrogen-bond acceptors (Lipinski definition) is 0. The van der Waals surface area contributed by atoms with E-state index in [2.05, 4.69) is 0 Å². The van der Waals surface area contributed by atoms with Gasteiger partial charge in [-0.2, -0.15) is 0 Å². The summed E-state index contributed by atoms with van der Waals surface area (Å²) in [5.74, 6) is 0. The number of rotatable bonds is 0. The summed E-state index contributed by atoms with van der Waals surface area (Å²) in [6.45, 7) is 0. The van der Waals surface area contributed by atoms with Crippen molar-refractivity contribution in [1.29, 1.82) is 0 Å². The van der Waals surface area contributed by atoms with Crippen molar-refractivity contribution in [2.24, 2.45) is 0 Å². The van der Waals surface area contributed by atoms with Gasteiger partial charge in [0.15, 0.2) is 0 Å². The van der Waals surface area contributed by atoms with Gasteiger partial charge in [-0.05, 0) is 0 Å². The summed E-state index contributed by atoms with van der Waals surface area (Å²) in [4.78, 5) is 0. The Morgan fingerprint density at radius 3 is 0.188 bits per heavy atom. The predicted octanol–water partition coefficient (Wildman–Crippen LogP) is 1.74. The van der Waals surface area contributed by atoms with E-state index in [1.54, 1.807) is 0 Å². The van der Waals surface area contributed by atoms with Crippen LogP contribution in [-0.4, -0.2) is 52.8 Å². The molecular formula is Ge3N10W3. The summed E-state index contributed by atoms with van der Waals surface area (Å²) < 4.78 is 0. The standard InChI is InChI=1S/3Ge.10N.3W/q3*+4;10*-3;3*+6. The largest absolute Gasteiger partial charge is 6.00 e. The van der Waals surface area contributed by atoms with Crippen LogP contribution in [0.25, 0.3) is 61.5 Å². The third-order valence-electron chi connectivity index (χ3n) is 0. The first-order chi connectivity index (χ1) is 0. The number of hydrogen-bond donors (Lipinski definition) is 0. The number of nitrogens with zero attached hydrogens (tertiary/aromatic N) is 10. The van der Waals surface area contributed by atoms with Crippen LogP contribution < -0.4 is 0 Å². The molecule has 0 aromatic heterocycles. The molecule has 0 N–H and O–H groups in total. The summed E-state index contributed by atoms with van der Waals surface area (Å²) in [6.07, 6.45) is 0. The molecule has 0 spiro atoms. The molecule has 16 heavy (non-hydrogen) atoms. The molecule has 0 bridgehead atoms. The van der Waals surface area contributed by atoms with E-state index in [9.17, 15) is 0 Å². The summed E-state index contributed by atoms with van der Waals surface area (Å²) in [7, 11) is 0. The van der Waals surface area contributed by atoms with Crippen molar-refractivity contribution in [3.05, 3.63) is 61.5 Å². The van der Waals surface area contributed by atoms with Crippen molar-refractivity contribution >= 4 is 52.8 Å². The quantitative estimate of drug-likeness (QED) is 0.314. The molecule has 0 unspecified atom stereocenters. The maximum atomic E-state index is 0. The van der Waals surface area contributed by atoms with Gasteiger partial charge >= 0.3 is 116 Å². The fraction of sp³-hybridized carbons (Fsp3) is 0. The normalized spacial score (nSPS) is 0. The van der Waals surface area contributed by atoms with Gasteiger partial charge in [0.05, 0.1) is 0 Å². The molecule has 0 aliphatic carbocycles. The molecule has 0 aromatic carbocycles. The molecule has 0 aliphatic rings. The molecule has 10 nitrogen and oxygen atoms in total. The second kappa shape index (κ2) is 504. The van der Waals surface area contributed by atoms with Crippen LogP contribution in [0.15, 0.2) is 0 Å². The molecule has 0 atom stereocenters.